The summed E-state index contributed by atoms with van der Waals surface area (Å²) in [5.74, 6) is 0.740. The second kappa shape index (κ2) is 10.1. The molecule has 0 saturated carbocycles. The molecule has 2 aromatic rings. The lowest BCUT2D eigenvalue weighted by Crippen LogP contribution is -2.24. The van der Waals surface area contributed by atoms with Gasteiger partial charge in [-0.1, -0.05) is 51.1 Å². The summed E-state index contributed by atoms with van der Waals surface area (Å²) in [6.07, 6.45) is 0.999. The maximum absolute atomic E-state index is 12.3. The molecule has 156 valence electrons. The Morgan fingerprint density at radius 3 is 2.31 bits per heavy atom. The fraction of sp³-hybridized carbons (Fsp3) is 0.417. The van der Waals surface area contributed by atoms with Gasteiger partial charge in [-0.25, -0.2) is 0 Å². The van der Waals surface area contributed by atoms with Crippen molar-refractivity contribution in [1.82, 2.24) is 4.90 Å². The number of ether oxygens (including phenoxy) is 1. The van der Waals surface area contributed by atoms with Gasteiger partial charge in [-0.15, -0.1) is 0 Å². The van der Waals surface area contributed by atoms with Gasteiger partial charge in [0.2, 0.25) is 11.8 Å². The minimum absolute atomic E-state index is 0.0150. The van der Waals surface area contributed by atoms with Crippen molar-refractivity contribution in [2.75, 3.05) is 19.0 Å². The van der Waals surface area contributed by atoms with E-state index in [2.05, 4.69) is 38.2 Å². The molecule has 2 amide bonds. The Morgan fingerprint density at radius 2 is 1.69 bits per heavy atom. The molecule has 5 nitrogen and oxygen atoms in total. The van der Waals surface area contributed by atoms with Crippen LogP contribution in [0.25, 0.3) is 0 Å². The third-order valence-electron chi connectivity index (χ3n) is 4.77. The van der Waals surface area contributed by atoms with E-state index in [-0.39, 0.29) is 17.2 Å². The van der Waals surface area contributed by atoms with Crippen LogP contribution in [0.5, 0.6) is 5.75 Å². The zero-order valence-electron chi connectivity index (χ0n) is 18.1. The maximum atomic E-state index is 12.3. The first-order valence-electron chi connectivity index (χ1n) is 9.99. The van der Waals surface area contributed by atoms with Crippen molar-refractivity contribution in [3.05, 3.63) is 59.7 Å². The largest absolute Gasteiger partial charge is 0.494 e. The van der Waals surface area contributed by atoms with Crippen molar-refractivity contribution >= 4 is 17.5 Å². The second-order valence-electron chi connectivity index (χ2n) is 8.31. The quantitative estimate of drug-likeness (QED) is 0.655. The van der Waals surface area contributed by atoms with Crippen molar-refractivity contribution in [3.63, 3.8) is 0 Å². The summed E-state index contributed by atoms with van der Waals surface area (Å²) in [6, 6.07) is 15.7. The molecule has 0 atom stereocenters. The number of carbonyl (C=O) groups excluding carboxylic acids is 2. The molecule has 0 spiro atoms. The number of nitrogens with one attached hydrogen (secondary N) is 1. The van der Waals surface area contributed by atoms with Crippen LogP contribution in [-0.2, 0) is 21.5 Å². The molecule has 1 N–H and O–H groups in total. The standard InChI is InChI=1S/C24H32N2O3/c1-18(27)26(5)17-19-9-6-7-10-22(19)25-23(28)11-8-16-29-21-14-12-20(13-15-21)24(2,3)4/h6-7,9-10,12-15H,8,11,16-17H2,1-5H3,(H,25,28). The molecule has 0 aliphatic rings. The van der Waals surface area contributed by atoms with Crippen LogP contribution in [-0.4, -0.2) is 30.4 Å². The molecule has 2 rings (SSSR count). The van der Waals surface area contributed by atoms with Gasteiger partial charge in [0.25, 0.3) is 0 Å². The predicted molar refractivity (Wildman–Crippen MR) is 117 cm³/mol. The van der Waals surface area contributed by atoms with Crippen molar-refractivity contribution in [2.45, 2.75) is 52.5 Å². The average molecular weight is 397 g/mol. The number of amides is 2. The van der Waals surface area contributed by atoms with Crippen LogP contribution < -0.4 is 10.1 Å². The number of para-hydroxylation sites is 1. The summed E-state index contributed by atoms with van der Waals surface area (Å²) < 4.78 is 5.75. The van der Waals surface area contributed by atoms with Crippen molar-refractivity contribution in [3.8, 4) is 5.75 Å². The summed E-state index contributed by atoms with van der Waals surface area (Å²) in [4.78, 5) is 25.4. The van der Waals surface area contributed by atoms with Gasteiger partial charge in [-0.2, -0.15) is 0 Å². The van der Waals surface area contributed by atoms with E-state index < -0.39 is 0 Å². The lowest BCUT2D eigenvalue weighted by atomic mass is 9.87. The van der Waals surface area contributed by atoms with E-state index in [0.717, 1.165) is 17.0 Å². The Bertz CT molecular complexity index is 823. The molecule has 5 heteroatoms. The molecule has 0 bridgehead atoms. The summed E-state index contributed by atoms with van der Waals surface area (Å²) in [5, 5.41) is 2.95. The van der Waals surface area contributed by atoms with E-state index >= 15 is 0 Å². The van der Waals surface area contributed by atoms with Gasteiger partial charge in [-0.05, 0) is 41.2 Å². The number of hydrogen-bond acceptors (Lipinski definition) is 3. The van der Waals surface area contributed by atoms with Crippen LogP contribution >= 0.6 is 0 Å². The number of carbonyl (C=O) groups is 2. The van der Waals surface area contributed by atoms with Crippen LogP contribution in [0.2, 0.25) is 0 Å². The van der Waals surface area contributed by atoms with Crippen LogP contribution in [0.3, 0.4) is 0 Å². The molecule has 0 unspecified atom stereocenters. The molecular weight excluding hydrogens is 364 g/mol. The van der Waals surface area contributed by atoms with Gasteiger partial charge >= 0.3 is 0 Å². The van der Waals surface area contributed by atoms with Gasteiger partial charge < -0.3 is 15.0 Å². The monoisotopic (exact) mass is 396 g/mol. The molecule has 2 aromatic carbocycles. The van der Waals surface area contributed by atoms with Gasteiger partial charge in [-0.3, -0.25) is 9.59 Å². The third-order valence-corrected chi connectivity index (χ3v) is 4.77. The topological polar surface area (TPSA) is 58.6 Å². The van der Waals surface area contributed by atoms with Crippen molar-refractivity contribution in [2.24, 2.45) is 0 Å². The fourth-order valence-electron chi connectivity index (χ4n) is 2.83. The molecule has 0 saturated heterocycles. The third kappa shape index (κ3) is 7.26. The van der Waals surface area contributed by atoms with Crippen LogP contribution in [0, 0.1) is 0 Å². The highest BCUT2D eigenvalue weighted by atomic mass is 16.5. The fourth-order valence-corrected chi connectivity index (χ4v) is 2.83. The molecule has 0 aliphatic carbocycles. The second-order valence-corrected chi connectivity index (χ2v) is 8.31. The Balaban J connectivity index is 1.80. The van der Waals surface area contributed by atoms with Gasteiger partial charge in [0.1, 0.15) is 5.75 Å². The number of anilines is 1. The zero-order valence-corrected chi connectivity index (χ0v) is 18.1. The van der Waals surface area contributed by atoms with Crippen molar-refractivity contribution in [1.29, 1.82) is 0 Å². The molecular formula is C24H32N2O3. The Morgan fingerprint density at radius 1 is 1.03 bits per heavy atom. The lowest BCUT2D eigenvalue weighted by Gasteiger charge is -2.19. The minimum Gasteiger partial charge on any atom is -0.494 e. The molecule has 0 heterocycles. The van der Waals surface area contributed by atoms with Gasteiger partial charge in [0.15, 0.2) is 0 Å². The van der Waals surface area contributed by atoms with E-state index in [1.54, 1.807) is 11.9 Å². The Labute approximate surface area is 174 Å². The number of hydrogen-bond donors (Lipinski definition) is 1. The van der Waals surface area contributed by atoms with Gasteiger partial charge in [0.05, 0.1) is 6.61 Å². The highest BCUT2D eigenvalue weighted by Gasteiger charge is 2.13. The summed E-state index contributed by atoms with van der Waals surface area (Å²) in [6.45, 7) is 9.00. The van der Waals surface area contributed by atoms with E-state index in [1.165, 1.54) is 12.5 Å². The van der Waals surface area contributed by atoms with Crippen LogP contribution in [0.15, 0.2) is 48.5 Å². The molecule has 0 aromatic heterocycles. The first kappa shape index (κ1) is 22.5. The Hall–Kier alpha value is -2.82. The number of benzene rings is 2. The Kier molecular flexibility index (Phi) is 7.82. The number of nitrogens with zero attached hydrogens (tertiary/aromatic N) is 1. The SMILES string of the molecule is CC(=O)N(C)Cc1ccccc1NC(=O)CCCOc1ccc(C(C)(C)C)cc1. The average Bonchev–Trinajstić information content (AvgIpc) is 2.66. The first-order valence-corrected chi connectivity index (χ1v) is 9.99. The normalized spacial score (nSPS) is 11.1. The first-order chi connectivity index (χ1) is 13.7. The smallest absolute Gasteiger partial charge is 0.224 e. The highest BCUT2D eigenvalue weighted by molar-refractivity contribution is 5.91. The predicted octanol–water partition coefficient (Wildman–Crippen LogP) is 4.76. The van der Waals surface area contributed by atoms with Crippen molar-refractivity contribution < 1.29 is 14.3 Å². The summed E-state index contributed by atoms with van der Waals surface area (Å²) in [5.41, 5.74) is 3.03. The van der Waals surface area contributed by atoms with E-state index in [1.807, 2.05) is 36.4 Å². The lowest BCUT2D eigenvalue weighted by molar-refractivity contribution is -0.128. The zero-order chi connectivity index (χ0) is 21.4. The number of rotatable bonds is 8. The van der Waals surface area contributed by atoms with Crippen LogP contribution in [0.4, 0.5) is 5.69 Å². The van der Waals surface area contributed by atoms with Gasteiger partial charge in [0, 0.05) is 32.6 Å². The molecule has 0 radical (unpaired) electrons. The van der Waals surface area contributed by atoms with E-state index in [0.29, 0.717) is 26.0 Å². The highest BCUT2D eigenvalue weighted by Crippen LogP contribution is 2.24. The molecule has 0 fully saturated rings. The maximum Gasteiger partial charge on any atom is 0.224 e. The molecule has 0 aliphatic heterocycles. The molecule has 29 heavy (non-hydrogen) atoms. The van der Waals surface area contributed by atoms with Crippen LogP contribution in [0.1, 0.15) is 51.7 Å². The van der Waals surface area contributed by atoms with E-state index in [9.17, 15) is 9.59 Å². The summed E-state index contributed by atoms with van der Waals surface area (Å²) >= 11 is 0. The van der Waals surface area contributed by atoms with E-state index in [4.69, 9.17) is 4.74 Å². The minimum atomic E-state index is -0.0605. The summed E-state index contributed by atoms with van der Waals surface area (Å²) in [7, 11) is 1.74.